The Morgan fingerprint density at radius 1 is 0.865 bits per heavy atom. The number of hydrazone groups is 1. The van der Waals surface area contributed by atoms with Gasteiger partial charge in [0.2, 0.25) is 12.0 Å². The summed E-state index contributed by atoms with van der Waals surface area (Å²) in [5.74, 6) is 2.47. The van der Waals surface area contributed by atoms with Crippen molar-refractivity contribution < 1.29 is 18.9 Å². The minimum absolute atomic E-state index is 0.0110. The molecular weight excluding hydrogens is 600 g/mol. The molecule has 6 rings (SSSR count). The number of benzene rings is 4. The summed E-state index contributed by atoms with van der Waals surface area (Å²) >= 11 is 7.37. The van der Waals surface area contributed by atoms with E-state index in [0.29, 0.717) is 17.2 Å². The highest BCUT2D eigenvalue weighted by atomic mass is 79.9. The predicted octanol–water partition coefficient (Wildman–Crippen LogP) is 7.63. The lowest BCUT2D eigenvalue weighted by atomic mass is 9.95. The molecule has 8 heteroatoms. The van der Waals surface area contributed by atoms with Gasteiger partial charge in [-0.3, -0.25) is 0 Å². The number of fused-ring (bicyclic) bond motifs is 4. The largest absolute Gasteiger partial charge is 0.493 e. The Bertz CT molecular complexity index is 1530. The summed E-state index contributed by atoms with van der Waals surface area (Å²) in [6.07, 6.45) is 0.250. The van der Waals surface area contributed by atoms with Crippen molar-refractivity contribution in [2.45, 2.75) is 18.7 Å². The maximum Gasteiger partial charge on any atom is 0.214 e. The number of methoxy groups -OCH3 is 3. The summed E-state index contributed by atoms with van der Waals surface area (Å²) in [5.41, 5.74) is 4.04. The van der Waals surface area contributed by atoms with Crippen molar-refractivity contribution in [1.29, 1.82) is 0 Å². The number of halogens is 2. The molecule has 2 heterocycles. The Kier molecular flexibility index (Phi) is 6.24. The SMILES string of the molecule is COc1cc([C@@H]2Oc3c(Br)cc(Br)cc3[C@@H]3CC(c4ccc5ccccc5c4)=NN32)cc(OC)c1OC. The fourth-order valence-corrected chi connectivity index (χ4v) is 6.47. The lowest BCUT2D eigenvalue weighted by Gasteiger charge is -2.39. The minimum atomic E-state index is -0.498. The third kappa shape index (κ3) is 4.12. The first-order valence-corrected chi connectivity index (χ1v) is 13.4. The average Bonchev–Trinajstić information content (AvgIpc) is 3.37. The van der Waals surface area contributed by atoms with Gasteiger partial charge in [0.1, 0.15) is 5.75 Å². The predicted molar refractivity (Wildman–Crippen MR) is 151 cm³/mol. The summed E-state index contributed by atoms with van der Waals surface area (Å²) < 4.78 is 25.3. The van der Waals surface area contributed by atoms with Gasteiger partial charge in [-0.05, 0) is 62.6 Å². The fraction of sp³-hybridized carbons (Fsp3) is 0.207. The molecule has 0 amide bonds. The van der Waals surface area contributed by atoms with Crippen LogP contribution in [0.3, 0.4) is 0 Å². The van der Waals surface area contributed by atoms with Gasteiger partial charge in [-0.1, -0.05) is 52.3 Å². The topological polar surface area (TPSA) is 52.5 Å². The molecular formula is C29H24Br2N2O4. The van der Waals surface area contributed by atoms with E-state index in [2.05, 4.69) is 80.4 Å². The maximum atomic E-state index is 6.64. The first kappa shape index (κ1) is 24.1. The number of hydrogen-bond acceptors (Lipinski definition) is 6. The zero-order chi connectivity index (χ0) is 25.7. The highest BCUT2D eigenvalue weighted by Crippen LogP contribution is 2.52. The quantitative estimate of drug-likeness (QED) is 0.229. The van der Waals surface area contributed by atoms with E-state index in [9.17, 15) is 0 Å². The third-order valence-electron chi connectivity index (χ3n) is 6.86. The molecule has 6 nitrogen and oxygen atoms in total. The van der Waals surface area contributed by atoms with Gasteiger partial charge in [0.15, 0.2) is 11.5 Å². The van der Waals surface area contributed by atoms with Crippen LogP contribution in [0.4, 0.5) is 0 Å². The highest BCUT2D eigenvalue weighted by molar-refractivity contribution is 9.11. The third-order valence-corrected chi connectivity index (χ3v) is 7.91. The van der Waals surface area contributed by atoms with Gasteiger partial charge in [-0.15, -0.1) is 0 Å². The molecule has 0 saturated carbocycles. The lowest BCUT2D eigenvalue weighted by Crippen LogP contribution is -2.34. The molecule has 4 aromatic rings. The number of rotatable bonds is 5. The summed E-state index contributed by atoms with van der Waals surface area (Å²) in [4.78, 5) is 0. The normalized spacial score (nSPS) is 18.1. The molecule has 0 unspecified atom stereocenters. The maximum absolute atomic E-state index is 6.64. The molecule has 4 aromatic carbocycles. The molecule has 0 aromatic heterocycles. The van der Waals surface area contributed by atoms with Crippen LogP contribution in [-0.2, 0) is 0 Å². The smallest absolute Gasteiger partial charge is 0.214 e. The number of hydrogen-bond donors (Lipinski definition) is 0. The second kappa shape index (κ2) is 9.58. The minimum Gasteiger partial charge on any atom is -0.493 e. The standard InChI is InChI=1S/C29H24Br2N2O4/c1-34-25-11-19(12-26(35-2)28(25)36-3)29-33-24(21-13-20(30)14-22(31)27(21)37-29)15-23(32-33)18-9-8-16-6-4-5-7-17(16)10-18/h4-14,24,29H,15H2,1-3H3/t24-,29-/m0/s1. The Labute approximate surface area is 232 Å². The van der Waals surface area contributed by atoms with E-state index in [1.165, 1.54) is 10.8 Å². The van der Waals surface area contributed by atoms with Crippen molar-refractivity contribution in [3.8, 4) is 23.0 Å². The van der Waals surface area contributed by atoms with Crippen LogP contribution >= 0.6 is 31.9 Å². The van der Waals surface area contributed by atoms with E-state index < -0.39 is 6.23 Å². The van der Waals surface area contributed by atoms with Crippen molar-refractivity contribution in [1.82, 2.24) is 5.01 Å². The van der Waals surface area contributed by atoms with Crippen LogP contribution in [0.25, 0.3) is 10.8 Å². The van der Waals surface area contributed by atoms with Crippen molar-refractivity contribution in [3.63, 3.8) is 0 Å². The molecule has 0 saturated heterocycles. The molecule has 37 heavy (non-hydrogen) atoms. The number of nitrogens with zero attached hydrogens (tertiary/aromatic N) is 2. The van der Waals surface area contributed by atoms with Gasteiger partial charge in [-0.25, -0.2) is 5.01 Å². The van der Waals surface area contributed by atoms with Gasteiger partial charge >= 0.3 is 0 Å². The van der Waals surface area contributed by atoms with Crippen LogP contribution < -0.4 is 18.9 Å². The van der Waals surface area contributed by atoms with Gasteiger partial charge in [0.05, 0.1) is 37.6 Å². The Morgan fingerprint density at radius 3 is 2.30 bits per heavy atom. The fourth-order valence-electron chi connectivity index (χ4n) is 5.12. The molecule has 2 atom stereocenters. The highest BCUT2D eigenvalue weighted by Gasteiger charge is 2.42. The molecule has 0 N–H and O–H groups in total. The lowest BCUT2D eigenvalue weighted by molar-refractivity contribution is -0.0199. The number of ether oxygens (including phenoxy) is 4. The van der Waals surface area contributed by atoms with Crippen LogP contribution in [0.5, 0.6) is 23.0 Å². The van der Waals surface area contributed by atoms with Crippen LogP contribution in [0.2, 0.25) is 0 Å². The molecule has 2 aliphatic rings. The Morgan fingerprint density at radius 2 is 1.59 bits per heavy atom. The van der Waals surface area contributed by atoms with Gasteiger partial charge in [0.25, 0.3) is 0 Å². The van der Waals surface area contributed by atoms with Crippen LogP contribution in [-0.4, -0.2) is 32.0 Å². The molecule has 0 aliphatic carbocycles. The Hall–Kier alpha value is -3.23. The zero-order valence-electron chi connectivity index (χ0n) is 20.5. The van der Waals surface area contributed by atoms with Crippen molar-refractivity contribution >= 4 is 48.3 Å². The van der Waals surface area contributed by atoms with Gasteiger partial charge in [-0.2, -0.15) is 5.10 Å². The molecule has 0 bridgehead atoms. The van der Waals surface area contributed by atoms with Gasteiger partial charge in [0, 0.05) is 22.0 Å². The average molecular weight is 624 g/mol. The molecule has 0 radical (unpaired) electrons. The van der Waals surface area contributed by atoms with E-state index in [0.717, 1.165) is 43.5 Å². The zero-order valence-corrected chi connectivity index (χ0v) is 23.7. The second-order valence-corrected chi connectivity index (χ2v) is 10.7. The Balaban J connectivity index is 1.50. The monoisotopic (exact) mass is 622 g/mol. The molecule has 2 aliphatic heterocycles. The molecule has 188 valence electrons. The summed E-state index contributed by atoms with van der Waals surface area (Å²) in [6, 6.07) is 22.8. The van der Waals surface area contributed by atoms with E-state index >= 15 is 0 Å². The second-order valence-electron chi connectivity index (χ2n) is 8.94. The van der Waals surface area contributed by atoms with Crippen molar-refractivity contribution in [2.24, 2.45) is 5.10 Å². The van der Waals surface area contributed by atoms with Crippen LogP contribution in [0.1, 0.15) is 35.4 Å². The molecule has 0 fully saturated rings. The van der Waals surface area contributed by atoms with Crippen LogP contribution in [0, 0.1) is 0 Å². The first-order valence-electron chi connectivity index (χ1n) is 11.8. The summed E-state index contributed by atoms with van der Waals surface area (Å²) in [6.45, 7) is 0. The van der Waals surface area contributed by atoms with Gasteiger partial charge < -0.3 is 18.9 Å². The van der Waals surface area contributed by atoms with Crippen molar-refractivity contribution in [2.75, 3.05) is 21.3 Å². The van der Waals surface area contributed by atoms with Crippen molar-refractivity contribution in [3.05, 3.63) is 92.4 Å². The molecule has 0 spiro atoms. The summed E-state index contributed by atoms with van der Waals surface area (Å²) in [7, 11) is 4.82. The van der Waals surface area contributed by atoms with E-state index in [-0.39, 0.29) is 6.04 Å². The summed E-state index contributed by atoms with van der Waals surface area (Å²) in [5, 5.41) is 9.58. The van der Waals surface area contributed by atoms with Crippen LogP contribution in [0.15, 0.2) is 80.8 Å². The first-order chi connectivity index (χ1) is 18.0. The van der Waals surface area contributed by atoms with E-state index in [1.807, 2.05) is 23.2 Å². The van der Waals surface area contributed by atoms with E-state index in [1.54, 1.807) is 21.3 Å². The van der Waals surface area contributed by atoms with E-state index in [4.69, 9.17) is 24.0 Å².